The third-order valence-electron chi connectivity index (χ3n) is 7.54. The molecule has 0 unspecified atom stereocenters. The van der Waals surface area contributed by atoms with E-state index in [0.29, 0.717) is 37.5 Å². The third kappa shape index (κ3) is 3.74. The number of nitrogens with one attached hydrogen (secondary N) is 1. The first-order valence-corrected chi connectivity index (χ1v) is 11.9. The van der Waals surface area contributed by atoms with Crippen LogP contribution in [0.25, 0.3) is 0 Å². The average Bonchev–Trinajstić information content (AvgIpc) is 2.62. The maximum absolute atomic E-state index is 12.9. The van der Waals surface area contributed by atoms with Gasteiger partial charge in [-0.25, -0.2) is 13.2 Å². The van der Waals surface area contributed by atoms with Gasteiger partial charge in [0.2, 0.25) is 10.0 Å². The number of fused-ring (bicyclic) bond motifs is 3. The van der Waals surface area contributed by atoms with Gasteiger partial charge in [-0.15, -0.1) is 0 Å². The van der Waals surface area contributed by atoms with Gasteiger partial charge < -0.3 is 10.2 Å². The van der Waals surface area contributed by atoms with E-state index in [0.717, 1.165) is 19.3 Å². The number of sulfonamides is 1. The zero-order valence-corrected chi connectivity index (χ0v) is 18.5. The van der Waals surface area contributed by atoms with Gasteiger partial charge in [0.05, 0.1) is 4.75 Å². The molecule has 27 heavy (non-hydrogen) atoms. The zero-order valence-electron chi connectivity index (χ0n) is 17.7. The number of rotatable bonds is 3. The highest BCUT2D eigenvalue weighted by Crippen LogP contribution is 2.55. The van der Waals surface area contributed by atoms with Crippen LogP contribution in [-0.2, 0) is 10.0 Å². The van der Waals surface area contributed by atoms with Gasteiger partial charge in [0.25, 0.3) is 0 Å². The number of hydrogen-bond donors (Lipinski definition) is 1. The number of carbonyl (C=O) groups excluding carboxylic acids is 1. The van der Waals surface area contributed by atoms with E-state index in [1.807, 2.05) is 0 Å². The first-order chi connectivity index (χ1) is 12.4. The fourth-order valence-corrected chi connectivity index (χ4v) is 6.51. The first kappa shape index (κ1) is 20.9. The first-order valence-electron chi connectivity index (χ1n) is 10.5. The van der Waals surface area contributed by atoms with E-state index in [9.17, 15) is 13.2 Å². The molecule has 4 rings (SSSR count). The molecule has 0 spiro atoms. The predicted octanol–water partition coefficient (Wildman–Crippen LogP) is 3.19. The Hall–Kier alpha value is -0.820. The fraction of sp³-hybridized carbons (Fsp3) is 0.950. The average molecular weight is 400 g/mol. The zero-order chi connectivity index (χ0) is 20.1. The molecule has 0 atom stereocenters. The summed E-state index contributed by atoms with van der Waals surface area (Å²) >= 11 is 0. The molecular formula is C20H37N3O3S. The van der Waals surface area contributed by atoms with Crippen molar-refractivity contribution in [2.24, 2.45) is 11.3 Å². The number of urea groups is 1. The number of amides is 2. The monoisotopic (exact) mass is 399 g/mol. The second kappa shape index (κ2) is 6.90. The number of piperazine rings is 1. The number of nitrogens with zero attached hydrogens (tertiary/aromatic N) is 2. The molecule has 0 aromatic heterocycles. The summed E-state index contributed by atoms with van der Waals surface area (Å²) in [6, 6.07) is -0.0123. The van der Waals surface area contributed by atoms with E-state index in [2.05, 4.69) is 19.2 Å². The minimum absolute atomic E-state index is 0.0123. The van der Waals surface area contributed by atoms with Crippen molar-refractivity contribution in [1.82, 2.24) is 14.5 Å². The normalized spacial score (nSPS) is 32.7. The Balaban J connectivity index is 1.56. The Labute approximate surface area is 165 Å². The van der Waals surface area contributed by atoms with Crippen molar-refractivity contribution < 1.29 is 13.2 Å². The van der Waals surface area contributed by atoms with Crippen molar-refractivity contribution in [3.8, 4) is 0 Å². The molecule has 4 fully saturated rings. The van der Waals surface area contributed by atoms with E-state index in [4.69, 9.17) is 0 Å². The second-order valence-electron chi connectivity index (χ2n) is 10.2. The van der Waals surface area contributed by atoms with Gasteiger partial charge in [-0.3, -0.25) is 0 Å². The molecule has 0 aromatic rings. The molecule has 2 bridgehead atoms. The molecular weight excluding hydrogens is 362 g/mol. The summed E-state index contributed by atoms with van der Waals surface area (Å²) in [6.45, 7) is 11.6. The van der Waals surface area contributed by atoms with Crippen LogP contribution in [0.1, 0.15) is 73.1 Å². The van der Waals surface area contributed by atoms with Gasteiger partial charge >= 0.3 is 6.03 Å². The summed E-state index contributed by atoms with van der Waals surface area (Å²) in [5.41, 5.74) is 0.446. The van der Waals surface area contributed by atoms with Crippen LogP contribution in [0, 0.1) is 11.3 Å². The SMILES string of the molecule is CC(C)C12CCC(NC(=O)N3CCN(S(=O)(=O)C(C)(C)C)CC3)(CC1)CC2. The van der Waals surface area contributed by atoms with Gasteiger partial charge in [0, 0.05) is 31.7 Å². The minimum Gasteiger partial charge on any atom is -0.333 e. The van der Waals surface area contributed by atoms with Gasteiger partial charge in [-0.2, -0.15) is 4.31 Å². The Morgan fingerprint density at radius 1 is 0.926 bits per heavy atom. The number of carbonyl (C=O) groups is 1. The van der Waals surface area contributed by atoms with E-state index in [-0.39, 0.29) is 11.6 Å². The highest BCUT2D eigenvalue weighted by Gasteiger charge is 2.50. The van der Waals surface area contributed by atoms with Crippen LogP contribution < -0.4 is 5.32 Å². The van der Waals surface area contributed by atoms with Gasteiger partial charge in [-0.05, 0) is 70.6 Å². The smallest absolute Gasteiger partial charge is 0.317 e. The summed E-state index contributed by atoms with van der Waals surface area (Å²) in [4.78, 5) is 14.7. The number of hydrogen-bond acceptors (Lipinski definition) is 3. The Morgan fingerprint density at radius 2 is 1.41 bits per heavy atom. The molecule has 1 heterocycles. The summed E-state index contributed by atoms with van der Waals surface area (Å²) in [7, 11) is -3.33. The van der Waals surface area contributed by atoms with Crippen molar-refractivity contribution in [3.63, 3.8) is 0 Å². The third-order valence-corrected chi connectivity index (χ3v) is 10.1. The molecule has 3 saturated carbocycles. The lowest BCUT2D eigenvalue weighted by Crippen LogP contribution is -2.62. The Kier molecular flexibility index (Phi) is 5.34. The summed E-state index contributed by atoms with van der Waals surface area (Å²) < 4.78 is 25.9. The van der Waals surface area contributed by atoms with E-state index >= 15 is 0 Å². The molecule has 1 N–H and O–H groups in total. The highest BCUT2D eigenvalue weighted by atomic mass is 32.2. The molecule has 0 radical (unpaired) electrons. The largest absolute Gasteiger partial charge is 0.333 e. The molecule has 1 saturated heterocycles. The van der Waals surface area contributed by atoms with E-state index < -0.39 is 14.8 Å². The molecule has 0 aromatic carbocycles. The van der Waals surface area contributed by atoms with Crippen LogP contribution in [0.2, 0.25) is 0 Å². The van der Waals surface area contributed by atoms with Gasteiger partial charge in [-0.1, -0.05) is 13.8 Å². The molecule has 2 amide bonds. The standard InChI is InChI=1S/C20H37N3O3S/c1-16(2)19-6-9-20(10-7-19,11-8-19)21-17(24)22-12-14-23(15-13-22)27(25,26)18(3,4)5/h16H,6-15H2,1-5H3,(H,21,24). The van der Waals surface area contributed by atoms with E-state index in [1.54, 1.807) is 25.7 Å². The van der Waals surface area contributed by atoms with Crippen LogP contribution in [0.4, 0.5) is 4.79 Å². The molecule has 4 aliphatic rings. The predicted molar refractivity (Wildman–Crippen MR) is 108 cm³/mol. The summed E-state index contributed by atoms with van der Waals surface area (Å²) in [5.74, 6) is 0.712. The second-order valence-corrected chi connectivity index (χ2v) is 12.9. The molecule has 3 aliphatic carbocycles. The van der Waals surface area contributed by atoms with Crippen LogP contribution >= 0.6 is 0 Å². The van der Waals surface area contributed by atoms with Crippen molar-refractivity contribution in [1.29, 1.82) is 0 Å². The lowest BCUT2D eigenvalue weighted by atomic mass is 9.53. The minimum atomic E-state index is -3.33. The van der Waals surface area contributed by atoms with Crippen molar-refractivity contribution in [2.45, 2.75) is 83.4 Å². The van der Waals surface area contributed by atoms with Crippen molar-refractivity contribution >= 4 is 16.1 Å². The Morgan fingerprint density at radius 3 is 1.81 bits per heavy atom. The summed E-state index contributed by atoms with van der Waals surface area (Å²) in [6.07, 6.45) is 6.87. The maximum Gasteiger partial charge on any atom is 0.317 e. The topological polar surface area (TPSA) is 69.7 Å². The lowest BCUT2D eigenvalue weighted by Gasteiger charge is -2.56. The Bertz CT molecular complexity index is 649. The molecule has 1 aliphatic heterocycles. The van der Waals surface area contributed by atoms with Crippen LogP contribution in [0.3, 0.4) is 0 Å². The lowest BCUT2D eigenvalue weighted by molar-refractivity contribution is -0.00768. The molecule has 7 heteroatoms. The van der Waals surface area contributed by atoms with E-state index in [1.165, 1.54) is 23.6 Å². The van der Waals surface area contributed by atoms with Crippen LogP contribution in [0.5, 0.6) is 0 Å². The molecule has 156 valence electrons. The quantitative estimate of drug-likeness (QED) is 0.792. The van der Waals surface area contributed by atoms with Gasteiger partial charge in [0.15, 0.2) is 0 Å². The maximum atomic E-state index is 12.9. The van der Waals surface area contributed by atoms with Gasteiger partial charge in [0.1, 0.15) is 0 Å². The fourth-order valence-electron chi connectivity index (χ4n) is 5.09. The molecule has 6 nitrogen and oxygen atoms in total. The summed E-state index contributed by atoms with van der Waals surface area (Å²) in [5, 5.41) is 3.35. The van der Waals surface area contributed by atoms with Crippen molar-refractivity contribution in [3.05, 3.63) is 0 Å². The van der Waals surface area contributed by atoms with Crippen LogP contribution in [-0.4, -0.2) is 60.1 Å². The van der Waals surface area contributed by atoms with Crippen molar-refractivity contribution in [2.75, 3.05) is 26.2 Å². The highest BCUT2D eigenvalue weighted by molar-refractivity contribution is 7.90. The van der Waals surface area contributed by atoms with Crippen LogP contribution in [0.15, 0.2) is 0 Å².